The quantitative estimate of drug-likeness (QED) is 0.104. The summed E-state index contributed by atoms with van der Waals surface area (Å²) in [6.07, 6.45) is 27.8. The number of aliphatic hydroxyl groups is 1. The van der Waals surface area contributed by atoms with Gasteiger partial charge in [0, 0.05) is 13.3 Å². The Bertz CT molecular complexity index is 460. The van der Waals surface area contributed by atoms with Crippen LogP contribution in [-0.4, -0.2) is 41.3 Å². The van der Waals surface area contributed by atoms with Gasteiger partial charge in [0.25, 0.3) is 0 Å². The Hall–Kier alpha value is -0.670. The van der Waals surface area contributed by atoms with E-state index in [0.29, 0.717) is 0 Å². The van der Waals surface area contributed by atoms with Crippen LogP contribution in [0.15, 0.2) is 17.6 Å². The molecule has 2 atom stereocenters. The van der Waals surface area contributed by atoms with Crippen molar-refractivity contribution < 1.29 is 9.59 Å². The van der Waals surface area contributed by atoms with E-state index < -0.39 is 0 Å². The normalized spacial score (nSPS) is 19.5. The molecule has 0 spiro atoms. The van der Waals surface area contributed by atoms with Crippen LogP contribution in [0.2, 0.25) is 0 Å². The third-order valence-electron chi connectivity index (χ3n) is 7.40. The van der Waals surface area contributed by atoms with E-state index in [0.717, 1.165) is 30.5 Å². The Balaban J connectivity index is 1.82. The van der Waals surface area contributed by atoms with Crippen LogP contribution in [0.1, 0.15) is 136 Å². The summed E-state index contributed by atoms with van der Waals surface area (Å²) in [4.78, 5) is 4.72. The lowest BCUT2D eigenvalue weighted by Crippen LogP contribution is -2.56. The van der Waals surface area contributed by atoms with E-state index in [1.165, 1.54) is 121 Å². The molecule has 0 saturated carbocycles. The van der Waals surface area contributed by atoms with E-state index in [9.17, 15) is 5.11 Å². The molecule has 3 heteroatoms. The minimum absolute atomic E-state index is 0.316. The fourth-order valence-corrected chi connectivity index (χ4v) is 5.16. The fraction of sp³-hybridized carbons (Fsp3) is 0.893. The van der Waals surface area contributed by atoms with Gasteiger partial charge in [-0.2, -0.15) is 0 Å². The lowest BCUT2D eigenvalue weighted by Gasteiger charge is -2.36. The highest BCUT2D eigenvalue weighted by Gasteiger charge is 2.40. The van der Waals surface area contributed by atoms with Gasteiger partial charge in [0.2, 0.25) is 5.84 Å². The van der Waals surface area contributed by atoms with Crippen molar-refractivity contribution in [3.05, 3.63) is 12.7 Å². The molecule has 3 nitrogen and oxygen atoms in total. The minimum atomic E-state index is -0.316. The molecule has 0 aromatic carbocycles. The molecule has 1 N–H and O–H groups in total. The molecule has 2 unspecified atom stereocenters. The molecule has 0 bridgehead atoms. The number of aliphatic hydroxyl groups excluding tert-OH is 1. The molecule has 1 rings (SSSR count). The van der Waals surface area contributed by atoms with Gasteiger partial charge in [-0.05, 0) is 26.2 Å². The summed E-state index contributed by atoms with van der Waals surface area (Å²) in [5, 5.41) is 10.2. The zero-order valence-electron chi connectivity index (χ0n) is 21.3. The van der Waals surface area contributed by atoms with Crippen LogP contribution in [0.5, 0.6) is 0 Å². The number of aliphatic imine (C=N–C) groups is 1. The van der Waals surface area contributed by atoms with Gasteiger partial charge >= 0.3 is 0 Å². The van der Waals surface area contributed by atoms with Crippen molar-refractivity contribution in [2.75, 3.05) is 19.6 Å². The number of hydrogen-bond donors (Lipinski definition) is 1. The maximum absolute atomic E-state index is 10.2. The summed E-state index contributed by atoms with van der Waals surface area (Å²) < 4.78 is 0.718. The lowest BCUT2D eigenvalue weighted by molar-refractivity contribution is -0.882. The Kier molecular flexibility index (Phi) is 17.3. The average Bonchev–Trinajstić information content (AvgIpc) is 3.19. The molecule has 0 amide bonds. The van der Waals surface area contributed by atoms with Gasteiger partial charge in [0.05, 0.1) is 13.1 Å². The van der Waals surface area contributed by atoms with Gasteiger partial charge in [-0.25, -0.2) is 4.99 Å². The standard InChI is InChI=1S/C28H55N2O/c1-4-6-7-8-9-10-11-12-13-14-15-16-17-18-19-20-21-22-23-24-28-29-25-26-30(28,5-2)27(3)31/h4,27,31H,1,5-26H2,2-3H3/q+1. The third-order valence-corrected chi connectivity index (χ3v) is 7.40. The summed E-state index contributed by atoms with van der Waals surface area (Å²) in [6, 6.07) is 0. The highest BCUT2D eigenvalue weighted by atomic mass is 16.3. The van der Waals surface area contributed by atoms with Crippen LogP contribution in [0.3, 0.4) is 0 Å². The Morgan fingerprint density at radius 3 is 1.61 bits per heavy atom. The maximum atomic E-state index is 10.2. The fourth-order valence-electron chi connectivity index (χ4n) is 5.16. The van der Waals surface area contributed by atoms with Gasteiger partial charge in [0.1, 0.15) is 6.54 Å². The van der Waals surface area contributed by atoms with Crippen LogP contribution in [0, 0.1) is 0 Å². The van der Waals surface area contributed by atoms with E-state index in [4.69, 9.17) is 4.99 Å². The first-order valence-electron chi connectivity index (χ1n) is 13.9. The Morgan fingerprint density at radius 2 is 1.23 bits per heavy atom. The number of allylic oxidation sites excluding steroid dienone is 1. The molecule has 1 aliphatic heterocycles. The number of likely N-dealkylation sites (N-methyl/N-ethyl adjacent to an activating group) is 1. The smallest absolute Gasteiger partial charge is 0.200 e. The van der Waals surface area contributed by atoms with E-state index >= 15 is 0 Å². The number of nitrogens with zero attached hydrogens (tertiary/aromatic N) is 2. The molecule has 0 aromatic rings. The number of rotatable bonds is 22. The topological polar surface area (TPSA) is 32.6 Å². The second-order valence-electron chi connectivity index (χ2n) is 9.84. The number of amidine groups is 1. The molecule has 1 heterocycles. The predicted octanol–water partition coefficient (Wildman–Crippen LogP) is 8.17. The Morgan fingerprint density at radius 1 is 0.806 bits per heavy atom. The second kappa shape index (κ2) is 18.9. The van der Waals surface area contributed by atoms with Crippen molar-refractivity contribution in [2.24, 2.45) is 4.99 Å². The first-order valence-corrected chi connectivity index (χ1v) is 13.9. The average molecular weight is 436 g/mol. The zero-order chi connectivity index (χ0) is 22.6. The summed E-state index contributed by atoms with van der Waals surface area (Å²) in [6.45, 7) is 10.7. The molecular weight excluding hydrogens is 380 g/mol. The molecule has 0 fully saturated rings. The lowest BCUT2D eigenvalue weighted by atomic mass is 10.0. The summed E-state index contributed by atoms with van der Waals surface area (Å²) in [5.74, 6) is 1.25. The van der Waals surface area contributed by atoms with E-state index in [1.807, 2.05) is 13.0 Å². The minimum Gasteiger partial charge on any atom is -0.345 e. The van der Waals surface area contributed by atoms with Gasteiger partial charge in [-0.1, -0.05) is 102 Å². The van der Waals surface area contributed by atoms with Gasteiger partial charge in [-0.15, -0.1) is 6.58 Å². The molecular formula is C28H55N2O+. The van der Waals surface area contributed by atoms with Crippen LogP contribution in [-0.2, 0) is 0 Å². The van der Waals surface area contributed by atoms with Gasteiger partial charge in [0.15, 0.2) is 6.23 Å². The van der Waals surface area contributed by atoms with E-state index in [-0.39, 0.29) is 6.23 Å². The predicted molar refractivity (Wildman–Crippen MR) is 138 cm³/mol. The molecule has 0 radical (unpaired) electrons. The van der Waals surface area contributed by atoms with Crippen molar-refractivity contribution in [3.63, 3.8) is 0 Å². The number of hydrogen-bond acceptors (Lipinski definition) is 2. The van der Waals surface area contributed by atoms with Crippen molar-refractivity contribution >= 4 is 5.84 Å². The number of unbranched alkanes of at least 4 members (excludes halogenated alkanes) is 17. The molecule has 0 saturated heterocycles. The maximum Gasteiger partial charge on any atom is 0.200 e. The largest absolute Gasteiger partial charge is 0.345 e. The second-order valence-corrected chi connectivity index (χ2v) is 9.84. The monoisotopic (exact) mass is 435 g/mol. The van der Waals surface area contributed by atoms with Crippen molar-refractivity contribution in [1.82, 2.24) is 0 Å². The third kappa shape index (κ3) is 12.2. The van der Waals surface area contributed by atoms with E-state index in [1.54, 1.807) is 0 Å². The zero-order valence-corrected chi connectivity index (χ0v) is 21.3. The first kappa shape index (κ1) is 28.4. The van der Waals surface area contributed by atoms with Gasteiger partial charge < -0.3 is 5.11 Å². The van der Waals surface area contributed by atoms with Crippen molar-refractivity contribution in [1.29, 1.82) is 0 Å². The summed E-state index contributed by atoms with van der Waals surface area (Å²) in [7, 11) is 0. The van der Waals surface area contributed by atoms with Crippen LogP contribution in [0.4, 0.5) is 0 Å². The molecule has 31 heavy (non-hydrogen) atoms. The number of quaternary nitrogens is 1. The van der Waals surface area contributed by atoms with Crippen molar-refractivity contribution in [3.8, 4) is 0 Å². The van der Waals surface area contributed by atoms with Crippen LogP contribution < -0.4 is 0 Å². The van der Waals surface area contributed by atoms with Crippen LogP contribution in [0.25, 0.3) is 0 Å². The first-order chi connectivity index (χ1) is 15.2. The molecule has 0 aromatic heterocycles. The van der Waals surface area contributed by atoms with Crippen LogP contribution >= 0.6 is 0 Å². The van der Waals surface area contributed by atoms with E-state index in [2.05, 4.69) is 13.5 Å². The highest BCUT2D eigenvalue weighted by Crippen LogP contribution is 2.23. The highest BCUT2D eigenvalue weighted by molar-refractivity contribution is 5.76. The molecule has 182 valence electrons. The van der Waals surface area contributed by atoms with Gasteiger partial charge in [-0.3, -0.25) is 4.48 Å². The summed E-state index contributed by atoms with van der Waals surface area (Å²) in [5.41, 5.74) is 0. The Labute approximate surface area is 195 Å². The molecule has 1 aliphatic rings. The molecule has 0 aliphatic carbocycles. The van der Waals surface area contributed by atoms with Crippen molar-refractivity contribution in [2.45, 2.75) is 142 Å². The SMILES string of the molecule is C=CCCCCCCCCCCCCCCCCCCCC1=NCC[N+]1(CC)C(C)O. The summed E-state index contributed by atoms with van der Waals surface area (Å²) >= 11 is 0.